The highest BCUT2D eigenvalue weighted by Crippen LogP contribution is 2.56. The van der Waals surface area contributed by atoms with E-state index < -0.39 is 0 Å². The Labute approximate surface area is 214 Å². The van der Waals surface area contributed by atoms with Crippen molar-refractivity contribution in [3.63, 3.8) is 0 Å². The van der Waals surface area contributed by atoms with Gasteiger partial charge in [-0.1, -0.05) is 48.6 Å². The Kier molecular flexibility index (Phi) is 3.12. The van der Waals surface area contributed by atoms with E-state index >= 15 is 0 Å². The molecule has 0 fully saturated rings. The Morgan fingerprint density at radius 3 is 2.67 bits per heavy atom. The number of para-hydroxylation sites is 1. The van der Waals surface area contributed by atoms with Crippen LogP contribution >= 0.6 is 22.7 Å². The average molecular weight is 495 g/mol. The van der Waals surface area contributed by atoms with Gasteiger partial charge in [-0.2, -0.15) is 0 Å². The molecule has 1 atom stereocenters. The van der Waals surface area contributed by atoms with Gasteiger partial charge in [0, 0.05) is 31.2 Å². The standard InChI is InChI=1S/C32H18N2S2/c1-2-4-19(5-3-1)33-20-10-6-17-8-12-22-31-27(17)29(20)30-21(33)11-7-18-9-13-23(32(31)28(18)30)34(22)26-16-25-24(36-26)14-15-35-25/h1-8,10-16,20H,9H2. The molecule has 7 aromatic rings. The van der Waals surface area contributed by atoms with Crippen LogP contribution in [0.5, 0.6) is 0 Å². The third-order valence-corrected chi connectivity index (χ3v) is 10.5. The zero-order valence-electron chi connectivity index (χ0n) is 19.2. The van der Waals surface area contributed by atoms with Crippen molar-refractivity contribution in [3.05, 3.63) is 100 Å². The number of hydrogen-bond acceptors (Lipinski definition) is 3. The molecule has 1 unspecified atom stereocenters. The molecule has 0 N–H and O–H groups in total. The maximum absolute atomic E-state index is 2.55. The first kappa shape index (κ1) is 18.4. The summed E-state index contributed by atoms with van der Waals surface area (Å²) in [6.45, 7) is 0. The van der Waals surface area contributed by atoms with Crippen LogP contribution in [0, 0.1) is 0 Å². The van der Waals surface area contributed by atoms with Gasteiger partial charge < -0.3 is 9.47 Å². The van der Waals surface area contributed by atoms with Gasteiger partial charge in [0.15, 0.2) is 0 Å². The molecule has 0 amide bonds. The summed E-state index contributed by atoms with van der Waals surface area (Å²) in [4.78, 5) is 2.55. The number of hydrogen-bond donors (Lipinski definition) is 0. The summed E-state index contributed by atoms with van der Waals surface area (Å²) in [6.07, 6.45) is 8.21. The second-order valence-corrected chi connectivity index (χ2v) is 12.1. The highest BCUT2D eigenvalue weighted by Gasteiger charge is 2.38. The Bertz CT molecular complexity index is 2160. The van der Waals surface area contributed by atoms with E-state index in [1.165, 1.54) is 80.3 Å². The zero-order chi connectivity index (χ0) is 23.1. The van der Waals surface area contributed by atoms with Crippen molar-refractivity contribution in [1.29, 1.82) is 0 Å². The van der Waals surface area contributed by atoms with Gasteiger partial charge in [-0.15, -0.1) is 22.7 Å². The second-order valence-electron chi connectivity index (χ2n) is 10.1. The first-order valence-electron chi connectivity index (χ1n) is 12.5. The Balaban J connectivity index is 1.44. The molecule has 168 valence electrons. The molecule has 0 saturated carbocycles. The van der Waals surface area contributed by atoms with Crippen molar-refractivity contribution in [1.82, 2.24) is 4.57 Å². The lowest BCUT2D eigenvalue weighted by Gasteiger charge is -2.28. The lowest BCUT2D eigenvalue weighted by Crippen LogP contribution is -2.18. The van der Waals surface area contributed by atoms with E-state index in [2.05, 4.69) is 99.8 Å². The van der Waals surface area contributed by atoms with Gasteiger partial charge in [0.1, 0.15) is 5.00 Å². The first-order valence-corrected chi connectivity index (χ1v) is 14.1. The second kappa shape index (κ2) is 6.09. The SMILES string of the molecule is C1=CC2c3c4c(ccc5c4c4c(n(-c6cc7sccc7s6)c6ccc1c3c46)=CC5)N2c1ccccc1. The monoisotopic (exact) mass is 494 g/mol. The van der Waals surface area contributed by atoms with Crippen LogP contribution in [-0.4, -0.2) is 4.57 Å². The number of benzene rings is 4. The minimum Gasteiger partial charge on any atom is -0.330 e. The molecule has 0 spiro atoms. The van der Waals surface area contributed by atoms with E-state index in [-0.39, 0.29) is 6.04 Å². The van der Waals surface area contributed by atoms with Gasteiger partial charge in [0.05, 0.1) is 22.6 Å². The van der Waals surface area contributed by atoms with Crippen LogP contribution in [0.2, 0.25) is 0 Å². The lowest BCUT2D eigenvalue weighted by molar-refractivity contribution is 0.896. The first-order chi connectivity index (χ1) is 17.9. The molecule has 4 heteroatoms. The molecule has 3 aliphatic rings. The maximum atomic E-state index is 2.55. The largest absolute Gasteiger partial charge is 0.330 e. The smallest absolute Gasteiger partial charge is 0.102 e. The molecular weight excluding hydrogens is 477 g/mol. The maximum Gasteiger partial charge on any atom is 0.102 e. The predicted octanol–water partition coefficient (Wildman–Crippen LogP) is 8.49. The minimum atomic E-state index is 0.227. The van der Waals surface area contributed by atoms with Crippen molar-refractivity contribution in [2.45, 2.75) is 12.5 Å². The van der Waals surface area contributed by atoms with Crippen LogP contribution in [0.3, 0.4) is 0 Å². The summed E-state index contributed by atoms with van der Waals surface area (Å²) in [5.41, 5.74) is 8.25. The van der Waals surface area contributed by atoms with Gasteiger partial charge in [0.25, 0.3) is 0 Å². The molecule has 2 aliphatic carbocycles. The van der Waals surface area contributed by atoms with Crippen LogP contribution in [0.4, 0.5) is 11.4 Å². The van der Waals surface area contributed by atoms with Crippen LogP contribution < -0.4 is 10.2 Å². The molecule has 2 nitrogen and oxygen atoms in total. The molecule has 36 heavy (non-hydrogen) atoms. The number of fused-ring (bicyclic) bond motifs is 1. The van der Waals surface area contributed by atoms with E-state index in [0.717, 1.165) is 6.42 Å². The van der Waals surface area contributed by atoms with E-state index in [0.29, 0.717) is 0 Å². The summed E-state index contributed by atoms with van der Waals surface area (Å²) in [7, 11) is 0. The van der Waals surface area contributed by atoms with Crippen molar-refractivity contribution < 1.29 is 0 Å². The Morgan fingerprint density at radius 2 is 1.75 bits per heavy atom. The van der Waals surface area contributed by atoms with Crippen molar-refractivity contribution in [3.8, 4) is 5.00 Å². The van der Waals surface area contributed by atoms with Gasteiger partial charge >= 0.3 is 0 Å². The van der Waals surface area contributed by atoms with Gasteiger partial charge in [-0.25, -0.2) is 0 Å². The van der Waals surface area contributed by atoms with Crippen molar-refractivity contribution in [2.75, 3.05) is 4.90 Å². The molecule has 1 aliphatic heterocycles. The molecule has 4 heterocycles. The van der Waals surface area contributed by atoms with Crippen LogP contribution in [-0.2, 0) is 6.42 Å². The summed E-state index contributed by atoms with van der Waals surface area (Å²) in [6, 6.07) is 25.2. The van der Waals surface area contributed by atoms with Crippen LogP contribution in [0.25, 0.3) is 59.0 Å². The van der Waals surface area contributed by atoms with E-state index in [1.54, 1.807) is 0 Å². The fraction of sp³-hybridized carbons (Fsp3) is 0.0625. The normalized spacial score (nSPS) is 17.1. The number of nitrogens with zero attached hydrogens (tertiary/aromatic N) is 2. The van der Waals surface area contributed by atoms with Crippen molar-refractivity contribution >= 4 is 88.0 Å². The predicted molar refractivity (Wildman–Crippen MR) is 155 cm³/mol. The Morgan fingerprint density at radius 1 is 0.806 bits per heavy atom. The minimum absolute atomic E-state index is 0.227. The number of anilines is 2. The Hall–Kier alpha value is -3.86. The number of aromatic nitrogens is 1. The molecule has 3 aromatic heterocycles. The van der Waals surface area contributed by atoms with Gasteiger partial charge in [0.2, 0.25) is 0 Å². The lowest BCUT2D eigenvalue weighted by atomic mass is 9.83. The number of thiophene rings is 2. The third-order valence-electron chi connectivity index (χ3n) is 8.45. The van der Waals surface area contributed by atoms with E-state index in [4.69, 9.17) is 0 Å². The fourth-order valence-electron chi connectivity index (χ4n) is 7.13. The van der Waals surface area contributed by atoms with Gasteiger partial charge in [-0.05, 0) is 75.7 Å². The summed E-state index contributed by atoms with van der Waals surface area (Å²) in [5, 5.41) is 12.2. The fourth-order valence-corrected chi connectivity index (χ4v) is 9.26. The van der Waals surface area contributed by atoms with Crippen LogP contribution in [0.1, 0.15) is 22.7 Å². The molecule has 0 bridgehead atoms. The third kappa shape index (κ3) is 1.96. The van der Waals surface area contributed by atoms with Gasteiger partial charge in [-0.3, -0.25) is 0 Å². The molecule has 0 radical (unpaired) electrons. The van der Waals surface area contributed by atoms with E-state index in [9.17, 15) is 0 Å². The number of rotatable bonds is 2. The highest BCUT2D eigenvalue weighted by molar-refractivity contribution is 7.28. The van der Waals surface area contributed by atoms with Crippen LogP contribution in [0.15, 0.2) is 78.2 Å². The molecule has 4 aromatic carbocycles. The summed E-state index contributed by atoms with van der Waals surface area (Å²) in [5.74, 6) is 0. The van der Waals surface area contributed by atoms with E-state index in [1.807, 2.05) is 22.7 Å². The highest BCUT2D eigenvalue weighted by atomic mass is 32.1. The average Bonchev–Trinajstić information content (AvgIpc) is 3.67. The topological polar surface area (TPSA) is 8.17 Å². The zero-order valence-corrected chi connectivity index (χ0v) is 20.8. The summed E-state index contributed by atoms with van der Waals surface area (Å²) < 4.78 is 5.31. The molecule has 0 saturated heterocycles. The summed E-state index contributed by atoms with van der Waals surface area (Å²) >= 11 is 3.75. The molecular formula is C32H18N2S2. The van der Waals surface area contributed by atoms with Crippen molar-refractivity contribution in [2.24, 2.45) is 0 Å². The quantitative estimate of drug-likeness (QED) is 0.219. The molecule has 10 rings (SSSR count).